The summed E-state index contributed by atoms with van der Waals surface area (Å²) in [6, 6.07) is 0. The number of aliphatic hydroxyl groups is 1. The number of ether oxygens (including phenoxy) is 2. The lowest BCUT2D eigenvalue weighted by Gasteiger charge is -2.24. The Hall–Kier alpha value is -1.03. The molecule has 4 nitrogen and oxygen atoms in total. The van der Waals surface area contributed by atoms with Crippen LogP contribution < -0.4 is 0 Å². The summed E-state index contributed by atoms with van der Waals surface area (Å²) in [5.74, 6) is 0.353. The average Bonchev–Trinajstić information content (AvgIpc) is 2.33. The van der Waals surface area contributed by atoms with Gasteiger partial charge in [-0.3, -0.25) is 0 Å². The van der Waals surface area contributed by atoms with E-state index in [0.29, 0.717) is 5.92 Å². The number of aliphatic hydroxyl groups excluding tert-OH is 1. The fourth-order valence-electron chi connectivity index (χ4n) is 2.22. The second-order valence-electron chi connectivity index (χ2n) is 6.09. The average molecular weight is 270 g/mol. The van der Waals surface area contributed by atoms with Crippen LogP contribution in [0.2, 0.25) is 0 Å². The maximum Gasteiger partial charge on any atom is 0.509 e. The summed E-state index contributed by atoms with van der Waals surface area (Å²) in [7, 11) is 0. The minimum absolute atomic E-state index is 0.138. The van der Waals surface area contributed by atoms with E-state index in [4.69, 9.17) is 9.47 Å². The monoisotopic (exact) mass is 270 g/mol. The highest BCUT2D eigenvalue weighted by Crippen LogP contribution is 2.26. The molecule has 1 N–H and O–H groups in total. The molecular formula is C15H26O4. The first-order valence-corrected chi connectivity index (χ1v) is 7.09. The fourth-order valence-corrected chi connectivity index (χ4v) is 2.22. The van der Waals surface area contributed by atoms with Crippen LogP contribution in [0, 0.1) is 5.92 Å². The van der Waals surface area contributed by atoms with Crippen LogP contribution in [0.15, 0.2) is 12.2 Å². The van der Waals surface area contributed by atoms with Gasteiger partial charge in [0.05, 0.1) is 6.10 Å². The van der Waals surface area contributed by atoms with Crippen LogP contribution in [0.4, 0.5) is 4.79 Å². The molecule has 4 heteroatoms. The van der Waals surface area contributed by atoms with Crippen molar-refractivity contribution in [2.45, 2.75) is 64.6 Å². The van der Waals surface area contributed by atoms with Crippen molar-refractivity contribution in [2.75, 3.05) is 6.61 Å². The van der Waals surface area contributed by atoms with Gasteiger partial charge in [-0.2, -0.15) is 0 Å². The summed E-state index contributed by atoms with van der Waals surface area (Å²) in [6.07, 6.45) is 8.13. The summed E-state index contributed by atoms with van der Waals surface area (Å²) in [4.78, 5) is 11.3. The van der Waals surface area contributed by atoms with Gasteiger partial charge in [-0.1, -0.05) is 25.3 Å². The lowest BCUT2D eigenvalue weighted by atomic mass is 9.85. The van der Waals surface area contributed by atoms with Crippen LogP contribution in [-0.4, -0.2) is 29.6 Å². The van der Waals surface area contributed by atoms with Crippen molar-refractivity contribution in [3.05, 3.63) is 12.2 Å². The zero-order chi connectivity index (χ0) is 14.3. The zero-order valence-corrected chi connectivity index (χ0v) is 12.2. The molecule has 0 aromatic heterocycles. The van der Waals surface area contributed by atoms with Gasteiger partial charge < -0.3 is 14.6 Å². The summed E-state index contributed by atoms with van der Waals surface area (Å²) in [5.41, 5.74) is -0.539. The minimum atomic E-state index is -0.677. The SMILES string of the molecule is CC(C)(C)OC(=O)OC/C=C/[C@@H](O)C1CCCCC1. The highest BCUT2D eigenvalue weighted by Gasteiger charge is 2.19. The number of rotatable bonds is 4. The molecule has 0 radical (unpaired) electrons. The molecular weight excluding hydrogens is 244 g/mol. The van der Waals surface area contributed by atoms with Gasteiger partial charge in [0.15, 0.2) is 0 Å². The third-order valence-corrected chi connectivity index (χ3v) is 3.15. The number of hydrogen-bond acceptors (Lipinski definition) is 4. The molecule has 0 aliphatic heterocycles. The van der Waals surface area contributed by atoms with Crippen molar-refractivity contribution < 1.29 is 19.4 Å². The predicted molar refractivity (Wildman–Crippen MR) is 73.9 cm³/mol. The van der Waals surface area contributed by atoms with E-state index in [1.807, 2.05) is 0 Å². The molecule has 1 aliphatic rings. The number of hydrogen-bond donors (Lipinski definition) is 1. The molecule has 1 aliphatic carbocycles. The highest BCUT2D eigenvalue weighted by atomic mass is 16.7. The van der Waals surface area contributed by atoms with Crippen LogP contribution in [0.1, 0.15) is 52.9 Å². The van der Waals surface area contributed by atoms with Crippen molar-refractivity contribution >= 4 is 6.16 Å². The van der Waals surface area contributed by atoms with Crippen molar-refractivity contribution in [2.24, 2.45) is 5.92 Å². The molecule has 0 aromatic rings. The molecule has 0 amide bonds. The largest absolute Gasteiger partial charge is 0.509 e. The van der Waals surface area contributed by atoms with Gasteiger partial charge in [-0.15, -0.1) is 0 Å². The lowest BCUT2D eigenvalue weighted by Crippen LogP contribution is -2.24. The third kappa shape index (κ3) is 7.21. The van der Waals surface area contributed by atoms with Crippen molar-refractivity contribution in [1.29, 1.82) is 0 Å². The first-order chi connectivity index (χ1) is 8.88. The number of carbonyl (C=O) groups is 1. The Morgan fingerprint density at radius 2 is 1.95 bits per heavy atom. The van der Waals surface area contributed by atoms with E-state index in [2.05, 4.69) is 0 Å². The first kappa shape index (κ1) is 16.0. The van der Waals surface area contributed by atoms with E-state index < -0.39 is 17.9 Å². The summed E-state index contributed by atoms with van der Waals surface area (Å²) >= 11 is 0. The van der Waals surface area contributed by atoms with Crippen LogP contribution in [0.5, 0.6) is 0 Å². The molecule has 0 spiro atoms. The van der Waals surface area contributed by atoms with Crippen LogP contribution in [-0.2, 0) is 9.47 Å². The Balaban J connectivity index is 2.20. The Morgan fingerprint density at radius 3 is 2.53 bits per heavy atom. The molecule has 19 heavy (non-hydrogen) atoms. The molecule has 1 fully saturated rings. The Morgan fingerprint density at radius 1 is 1.32 bits per heavy atom. The van der Waals surface area contributed by atoms with Crippen molar-refractivity contribution in [1.82, 2.24) is 0 Å². The molecule has 0 bridgehead atoms. The highest BCUT2D eigenvalue weighted by molar-refractivity contribution is 5.60. The quantitative estimate of drug-likeness (QED) is 0.628. The Kier molecular flexibility index (Phi) is 6.35. The third-order valence-electron chi connectivity index (χ3n) is 3.15. The van der Waals surface area contributed by atoms with Gasteiger partial charge in [-0.25, -0.2) is 4.79 Å². The van der Waals surface area contributed by atoms with Crippen molar-refractivity contribution in [3.63, 3.8) is 0 Å². The first-order valence-electron chi connectivity index (χ1n) is 7.09. The minimum Gasteiger partial charge on any atom is -0.430 e. The second kappa shape index (κ2) is 7.53. The van der Waals surface area contributed by atoms with Gasteiger partial charge in [0.1, 0.15) is 12.2 Å². The summed E-state index contributed by atoms with van der Waals surface area (Å²) in [6.45, 7) is 5.50. The van der Waals surface area contributed by atoms with Gasteiger partial charge in [0.25, 0.3) is 0 Å². The van der Waals surface area contributed by atoms with Gasteiger partial charge >= 0.3 is 6.16 Å². The summed E-state index contributed by atoms with van der Waals surface area (Å²) in [5, 5.41) is 9.97. The molecule has 1 atom stereocenters. The van der Waals surface area contributed by atoms with E-state index in [9.17, 15) is 9.90 Å². The molecule has 110 valence electrons. The normalized spacial score (nSPS) is 19.4. The van der Waals surface area contributed by atoms with Gasteiger partial charge in [-0.05, 0) is 45.6 Å². The standard InChI is InChI=1S/C15H26O4/c1-15(2,3)19-14(17)18-11-7-10-13(16)12-8-5-4-6-9-12/h7,10,12-13,16H,4-6,8-9,11H2,1-3H3/b10-7+/t13-/m1/s1. The van der Waals surface area contributed by atoms with Crippen LogP contribution in [0.25, 0.3) is 0 Å². The van der Waals surface area contributed by atoms with Gasteiger partial charge in [0.2, 0.25) is 0 Å². The molecule has 0 unspecified atom stereocenters. The lowest BCUT2D eigenvalue weighted by molar-refractivity contribution is -0.00258. The molecule has 1 rings (SSSR count). The molecule has 1 saturated carbocycles. The zero-order valence-electron chi connectivity index (χ0n) is 12.2. The van der Waals surface area contributed by atoms with Crippen LogP contribution in [0.3, 0.4) is 0 Å². The number of carbonyl (C=O) groups excluding carboxylic acids is 1. The van der Waals surface area contributed by atoms with Crippen LogP contribution >= 0.6 is 0 Å². The molecule has 0 aromatic carbocycles. The maximum atomic E-state index is 11.3. The van der Waals surface area contributed by atoms with E-state index in [-0.39, 0.29) is 6.61 Å². The Labute approximate surface area is 115 Å². The fraction of sp³-hybridized carbons (Fsp3) is 0.800. The van der Waals surface area contributed by atoms with E-state index in [1.54, 1.807) is 32.9 Å². The smallest absolute Gasteiger partial charge is 0.430 e. The van der Waals surface area contributed by atoms with E-state index in [0.717, 1.165) is 12.8 Å². The van der Waals surface area contributed by atoms with E-state index in [1.165, 1.54) is 19.3 Å². The molecule has 0 heterocycles. The van der Waals surface area contributed by atoms with E-state index >= 15 is 0 Å². The summed E-state index contributed by atoms with van der Waals surface area (Å²) < 4.78 is 9.90. The van der Waals surface area contributed by atoms with Gasteiger partial charge in [0, 0.05) is 0 Å². The molecule has 0 saturated heterocycles. The second-order valence-corrected chi connectivity index (χ2v) is 6.09. The maximum absolute atomic E-state index is 11.3. The topological polar surface area (TPSA) is 55.8 Å². The Bertz CT molecular complexity index is 298. The van der Waals surface area contributed by atoms with Crippen molar-refractivity contribution in [3.8, 4) is 0 Å². The predicted octanol–water partition coefficient (Wildman–Crippen LogP) is 3.44.